The number of hydrazine groups is 1. The summed E-state index contributed by atoms with van der Waals surface area (Å²) in [5, 5.41) is 62.3. The standard InChI is InChI=1S/C19H18N4O4.C19H20N4O2.C17H14N4O.C17H16N4.C13H15N3O2.C8H11NO3.C7H10N2.C6H4FNO2/c1-2-27-19(24)15-12-20-22(13-14-8-4-3-5-9-14)18(15)21-16-10-6-7-11-17(16)23(25)26;1-2-25-19(24)15-12-21-23(13-14-8-4-3-5-9-14)18(15)22-17-11-7-6-10-16(17)20;22-17-13-10-18-21(11-12-6-2-1-3-7-12)16(13)19-14-8-4-5-9-15(14)20-17;1-2-6-13(7-3-1)12-21-17-14(11-19-21)10-18-15-8-4-5-9-16(15)20-17;1-2-18-13(17)11-8-15-16(12(11)14)9-10-6-4-3-5-7-10;1-4-11-6-7(9-3)8(10)12-5-2;8-9-6-7-4-2-1-3-5-7;7-5-3-1-2-4-6(5)8(9)10/h3-12,21H,2,13H2,1H3;3-12,22H,2,13,20H2,1H3;1-10,19H,11H2,(H,20,22);1-9,11,18,20H,10,12H2;3-8H,2,9,14H2,1H3;6H,4-5H2,1-2H3;1-5,9H,6,8H2;1-4H/b;;;;;7-6+;;. The van der Waals surface area contributed by atoms with Crippen LogP contribution in [0.2, 0.25) is 0 Å². The van der Waals surface area contributed by atoms with Crippen molar-refractivity contribution in [1.82, 2.24) is 54.3 Å². The molecule has 2 aliphatic rings. The Labute approximate surface area is 829 Å². The first-order chi connectivity index (χ1) is 70.1. The third-order valence-corrected chi connectivity index (χ3v) is 20.7. The van der Waals surface area contributed by atoms with E-state index in [1.807, 2.05) is 228 Å². The van der Waals surface area contributed by atoms with E-state index in [-0.39, 0.29) is 41.8 Å². The lowest BCUT2D eigenvalue weighted by atomic mass is 10.2. The summed E-state index contributed by atoms with van der Waals surface area (Å²) >= 11 is 0. The molecule has 0 saturated carbocycles. The number of aromatic nitrogens is 10. The Bertz CT molecular complexity index is 6940. The molecule has 144 heavy (non-hydrogen) atoms. The van der Waals surface area contributed by atoms with Crippen LogP contribution in [-0.4, -0.2) is 122 Å². The molecule has 5 aromatic heterocycles. The van der Waals surface area contributed by atoms with Crippen LogP contribution < -0.4 is 54.6 Å². The maximum Gasteiger partial charge on any atom is 0.343 e. The summed E-state index contributed by atoms with van der Waals surface area (Å²) in [5.74, 6) is 5.14. The zero-order chi connectivity index (χ0) is 102. The third-order valence-electron chi connectivity index (χ3n) is 20.7. The molecule has 11 aromatic carbocycles. The van der Waals surface area contributed by atoms with Gasteiger partial charge < -0.3 is 67.1 Å². The van der Waals surface area contributed by atoms with Crippen molar-refractivity contribution >= 4 is 110 Å². The molecule has 37 nitrogen and oxygen atoms in total. The Morgan fingerprint density at radius 2 is 0.799 bits per heavy atom. The molecule has 0 unspecified atom stereocenters. The van der Waals surface area contributed by atoms with E-state index >= 15 is 0 Å². The molecule has 1 amide bonds. The summed E-state index contributed by atoms with van der Waals surface area (Å²) in [4.78, 5) is 82.4. The smallest absolute Gasteiger partial charge is 0.343 e. The van der Waals surface area contributed by atoms with Crippen LogP contribution in [0, 0.1) is 32.6 Å². The van der Waals surface area contributed by atoms with E-state index in [9.17, 15) is 48.6 Å². The highest BCUT2D eigenvalue weighted by Crippen LogP contribution is 2.36. The van der Waals surface area contributed by atoms with E-state index in [1.165, 1.54) is 53.5 Å². The first kappa shape index (κ1) is 106. The fraction of sp³-hybridized carbons (Fsp3) is 0.160. The molecule has 18 rings (SSSR count). The fourth-order valence-electron chi connectivity index (χ4n) is 13.8. The zero-order valence-corrected chi connectivity index (χ0v) is 79.5. The van der Waals surface area contributed by atoms with E-state index in [4.69, 9.17) is 42.8 Å². The number of nitro groups is 2. The van der Waals surface area contributed by atoms with Crippen LogP contribution in [0.1, 0.15) is 115 Å². The largest absolute Gasteiger partial charge is 0.512 e. The lowest BCUT2D eigenvalue weighted by Crippen LogP contribution is -2.20. The second-order valence-electron chi connectivity index (χ2n) is 30.7. The van der Waals surface area contributed by atoms with E-state index in [0.717, 1.165) is 88.9 Å². The zero-order valence-electron chi connectivity index (χ0n) is 79.5. The van der Waals surface area contributed by atoms with E-state index < -0.39 is 45.2 Å². The lowest BCUT2D eigenvalue weighted by Gasteiger charge is -2.13. The molecule has 38 heteroatoms. The van der Waals surface area contributed by atoms with Crippen LogP contribution in [0.15, 0.2) is 346 Å². The van der Waals surface area contributed by atoms with Crippen molar-refractivity contribution in [2.24, 2.45) is 5.84 Å². The quantitative estimate of drug-likeness (QED) is 0.00250. The van der Waals surface area contributed by atoms with Crippen LogP contribution in [0.3, 0.4) is 0 Å². The second-order valence-corrected chi connectivity index (χ2v) is 30.7. The summed E-state index contributed by atoms with van der Waals surface area (Å²) < 4.78 is 45.6. The Morgan fingerprint density at radius 1 is 0.431 bits per heavy atom. The number of halogens is 1. The van der Waals surface area contributed by atoms with Crippen LogP contribution in [0.5, 0.6) is 0 Å². The average Bonchev–Trinajstić information content (AvgIpc) is 1.65. The Morgan fingerprint density at radius 3 is 1.26 bits per heavy atom. The molecule has 13 N–H and O–H groups in total. The molecule has 0 radical (unpaired) electrons. The van der Waals surface area contributed by atoms with Crippen LogP contribution in [0.25, 0.3) is 4.85 Å². The monoisotopic (exact) mass is 1950 g/mol. The summed E-state index contributed by atoms with van der Waals surface area (Å²) in [6.45, 7) is 21.2. The molecule has 0 aliphatic carbocycles. The van der Waals surface area contributed by atoms with Gasteiger partial charge >= 0.3 is 35.3 Å². The van der Waals surface area contributed by atoms with Crippen molar-refractivity contribution in [2.45, 2.75) is 80.4 Å². The van der Waals surface area contributed by atoms with Gasteiger partial charge in [-0.25, -0.2) is 42.6 Å². The number of carbonyl (C=O) groups is 5. The molecule has 0 fully saturated rings. The number of nitrogen functional groups attached to an aromatic ring is 2. The van der Waals surface area contributed by atoms with Crippen molar-refractivity contribution in [1.29, 1.82) is 0 Å². The number of ether oxygens (including phenoxy) is 5. The number of hydrogen-bond acceptors (Lipinski definition) is 28. The molecule has 738 valence electrons. The highest BCUT2D eigenvalue weighted by Gasteiger charge is 2.27. The number of rotatable bonds is 28. The van der Waals surface area contributed by atoms with Gasteiger partial charge in [-0.15, -0.1) is 0 Å². The van der Waals surface area contributed by atoms with Crippen molar-refractivity contribution < 1.29 is 61.9 Å². The van der Waals surface area contributed by atoms with Gasteiger partial charge in [-0.1, -0.05) is 243 Å². The first-order valence-corrected chi connectivity index (χ1v) is 45.5. The molecule has 7 heterocycles. The topological polar surface area (TPSA) is 474 Å². The predicted octanol–water partition coefficient (Wildman–Crippen LogP) is 19.5. The summed E-state index contributed by atoms with van der Waals surface area (Å²) in [7, 11) is 0. The highest BCUT2D eigenvalue weighted by atomic mass is 19.1. The van der Waals surface area contributed by atoms with E-state index in [2.05, 4.69) is 109 Å². The maximum atomic E-state index is 12.4. The summed E-state index contributed by atoms with van der Waals surface area (Å²) in [5.41, 5.74) is 28.5. The number of nitrogens with one attached hydrogen (secondary N) is 7. The van der Waals surface area contributed by atoms with Crippen molar-refractivity contribution in [2.75, 3.05) is 76.4 Å². The number of hydrogen-bond donors (Lipinski definition) is 10. The van der Waals surface area contributed by atoms with Gasteiger partial charge in [-0.05, 0) is 117 Å². The number of carbonyl (C=O) groups excluding carboxylic acids is 5. The number of anilines is 12. The van der Waals surface area contributed by atoms with Crippen molar-refractivity contribution in [3.05, 3.63) is 445 Å². The van der Waals surface area contributed by atoms with Crippen molar-refractivity contribution in [3.8, 4) is 0 Å². The SMILES string of the molecule is CCOC(=O)c1cnn(Cc2ccccc2)c1N.CCOC(=O)c1cnn(Cc2ccccc2)c1Nc1ccccc1N.CCOC(=O)c1cnn(Cc2ccccc2)c1Nc1ccccc1[N+](=O)[O-].NNCc1ccccc1.O=C1Nc2ccccc2Nc2c1cnn2Cc1ccccc1.O=[N+]([O-])c1ccccc1F.[C-]#[N+]/C(=C/OCC)C(=O)OCC.c1ccc(Cn2ncc3c2Nc2ccccc2NC3)cc1. The average molecular weight is 1950 g/mol. The van der Waals surface area contributed by atoms with Gasteiger partial charge in [-0.2, -0.15) is 29.9 Å². The fourth-order valence-corrected chi connectivity index (χ4v) is 13.8. The van der Waals surface area contributed by atoms with Crippen LogP contribution in [0.4, 0.5) is 84.7 Å². The normalized spacial score (nSPS) is 10.9. The minimum Gasteiger partial charge on any atom is -0.512 e. The van der Waals surface area contributed by atoms with Gasteiger partial charge in [-0.3, -0.25) is 41.1 Å². The molecule has 16 aromatic rings. The molecular formula is C106H108FN23O14. The van der Waals surface area contributed by atoms with Gasteiger partial charge in [0, 0.05) is 30.8 Å². The summed E-state index contributed by atoms with van der Waals surface area (Å²) in [6, 6.07) is 94.2. The Kier molecular flexibility index (Phi) is 40.7. The molecule has 0 atom stereocenters. The number of nitrogens with zero attached hydrogens (tertiary/aromatic N) is 13. The van der Waals surface area contributed by atoms with Gasteiger partial charge in [0.25, 0.3) is 11.6 Å². The first-order valence-electron chi connectivity index (χ1n) is 45.5. The van der Waals surface area contributed by atoms with Gasteiger partial charge in [0.15, 0.2) is 0 Å². The number of amides is 1. The minimum atomic E-state index is -0.799. The number of fused-ring (bicyclic) bond motifs is 4. The number of nitrogens with two attached hydrogens (primary N) is 3. The Balaban J connectivity index is 0.000000160. The van der Waals surface area contributed by atoms with E-state index in [1.54, 1.807) is 79.1 Å². The number of para-hydroxylation sites is 9. The number of esters is 4. The van der Waals surface area contributed by atoms with Gasteiger partial charge in [0.2, 0.25) is 5.82 Å². The van der Waals surface area contributed by atoms with Crippen LogP contribution >= 0.6 is 0 Å². The molecule has 0 saturated heterocycles. The molecule has 0 bridgehead atoms. The molecule has 2 aliphatic heterocycles. The molecule has 0 spiro atoms. The van der Waals surface area contributed by atoms with Crippen molar-refractivity contribution in [3.63, 3.8) is 0 Å². The predicted molar refractivity (Wildman–Crippen MR) is 550 cm³/mol. The summed E-state index contributed by atoms with van der Waals surface area (Å²) in [6.07, 6.45) is 9.01. The number of nitro benzene ring substituents is 2. The molecular weight excluding hydrogens is 1840 g/mol. The maximum absolute atomic E-state index is 12.4. The number of benzene rings is 11. The van der Waals surface area contributed by atoms with Gasteiger partial charge in [0.05, 0.1) is 154 Å². The Hall–Kier alpha value is -18.9. The highest BCUT2D eigenvalue weighted by molar-refractivity contribution is 6.11. The van der Waals surface area contributed by atoms with Gasteiger partial charge in [0.1, 0.15) is 57.0 Å². The van der Waals surface area contributed by atoms with E-state index in [0.29, 0.717) is 97.3 Å². The lowest BCUT2D eigenvalue weighted by molar-refractivity contribution is -0.387. The second kappa shape index (κ2) is 55.5. The van der Waals surface area contributed by atoms with Crippen LogP contribution in [-0.2, 0) is 74.3 Å². The minimum absolute atomic E-state index is 0.0974. The third kappa shape index (κ3) is 31.1.